The highest BCUT2D eigenvalue weighted by Gasteiger charge is 2.27. The lowest BCUT2D eigenvalue weighted by atomic mass is 9.81. The van der Waals surface area contributed by atoms with E-state index in [1.807, 2.05) is 13.0 Å². The van der Waals surface area contributed by atoms with Gasteiger partial charge in [-0.2, -0.15) is 0 Å². The number of unbranched alkanes of at least 4 members (excludes halogenated alkanes) is 1. The first-order valence-corrected chi connectivity index (χ1v) is 14.9. The molecule has 0 aliphatic rings. The molecule has 2 aromatic rings. The molecule has 0 aliphatic heterocycles. The molecule has 0 saturated heterocycles. The average molecular weight is 570 g/mol. The fraction of sp³-hybridized carbons (Fsp3) is 0.606. The summed E-state index contributed by atoms with van der Waals surface area (Å²) in [6.45, 7) is 15.3. The normalized spacial score (nSPS) is 14.8. The third-order valence-corrected chi connectivity index (χ3v) is 7.81. The molecule has 0 bridgehead atoms. The van der Waals surface area contributed by atoms with Crippen LogP contribution in [-0.4, -0.2) is 34.6 Å². The fourth-order valence-electron chi connectivity index (χ4n) is 5.01. The van der Waals surface area contributed by atoms with Gasteiger partial charge in [0.25, 0.3) is 5.69 Å². The Morgan fingerprint density at radius 3 is 2.41 bits per heavy atom. The van der Waals surface area contributed by atoms with Gasteiger partial charge < -0.3 is 20.9 Å². The van der Waals surface area contributed by atoms with E-state index in [4.69, 9.17) is 10.5 Å². The highest BCUT2D eigenvalue weighted by molar-refractivity contribution is 5.78. The van der Waals surface area contributed by atoms with Gasteiger partial charge in [0.1, 0.15) is 12.4 Å². The van der Waals surface area contributed by atoms with Crippen molar-refractivity contribution in [1.82, 2.24) is 5.32 Å². The number of nitro groups is 1. The molecule has 0 aromatic heterocycles. The number of carbonyl (C=O) groups excluding carboxylic acids is 1. The van der Waals surface area contributed by atoms with Crippen LogP contribution < -0.4 is 15.8 Å². The molecule has 0 heterocycles. The van der Waals surface area contributed by atoms with Gasteiger partial charge in [-0.25, -0.2) is 0 Å². The first-order valence-electron chi connectivity index (χ1n) is 14.9. The van der Waals surface area contributed by atoms with Gasteiger partial charge in [0.2, 0.25) is 5.91 Å². The number of amides is 1. The molecular weight excluding hydrogens is 518 g/mol. The van der Waals surface area contributed by atoms with Crippen LogP contribution in [0.5, 0.6) is 5.75 Å². The lowest BCUT2D eigenvalue weighted by molar-refractivity contribution is -0.385. The minimum absolute atomic E-state index is 0.0427. The summed E-state index contributed by atoms with van der Waals surface area (Å²) in [6, 6.07) is 12.4. The van der Waals surface area contributed by atoms with Crippen molar-refractivity contribution in [1.29, 1.82) is 0 Å². The van der Waals surface area contributed by atoms with E-state index in [1.54, 1.807) is 18.2 Å². The molecule has 228 valence electrons. The maximum atomic E-state index is 12.4. The Hall–Kier alpha value is -2.97. The third kappa shape index (κ3) is 10.7. The molecule has 1 unspecified atom stereocenters. The number of aliphatic hydroxyl groups is 1. The van der Waals surface area contributed by atoms with E-state index in [9.17, 15) is 20.0 Å². The van der Waals surface area contributed by atoms with Crippen molar-refractivity contribution in [3.8, 4) is 5.75 Å². The van der Waals surface area contributed by atoms with Gasteiger partial charge in [-0.15, -0.1) is 0 Å². The molecule has 0 spiro atoms. The second-order valence-corrected chi connectivity index (χ2v) is 12.7. The minimum Gasteiger partial charge on any atom is -0.488 e. The van der Waals surface area contributed by atoms with Crippen LogP contribution >= 0.6 is 0 Å². The molecule has 0 radical (unpaired) electrons. The molecule has 0 fully saturated rings. The average Bonchev–Trinajstić information content (AvgIpc) is 2.90. The second kappa shape index (κ2) is 15.9. The summed E-state index contributed by atoms with van der Waals surface area (Å²) in [4.78, 5) is 23.5. The number of benzene rings is 2. The predicted octanol–water partition coefficient (Wildman–Crippen LogP) is 6.31. The zero-order valence-electron chi connectivity index (χ0n) is 26.0. The van der Waals surface area contributed by atoms with Crippen molar-refractivity contribution in [2.75, 3.05) is 6.54 Å². The zero-order chi connectivity index (χ0) is 30.7. The highest BCUT2D eigenvalue weighted by Crippen LogP contribution is 2.35. The van der Waals surface area contributed by atoms with Gasteiger partial charge >= 0.3 is 0 Å². The maximum absolute atomic E-state index is 12.4. The summed E-state index contributed by atoms with van der Waals surface area (Å²) < 4.78 is 6.24. The van der Waals surface area contributed by atoms with E-state index in [1.165, 1.54) is 6.07 Å². The molecule has 8 nitrogen and oxygen atoms in total. The minimum atomic E-state index is -0.771. The smallest absolute Gasteiger partial charge is 0.276 e. The number of aliphatic hydroxyl groups excluding tert-OH is 1. The summed E-state index contributed by atoms with van der Waals surface area (Å²) in [6.07, 6.45) is 2.88. The lowest BCUT2D eigenvalue weighted by Gasteiger charge is -2.29. The number of para-hydroxylation sites is 1. The quantitative estimate of drug-likeness (QED) is 0.124. The van der Waals surface area contributed by atoms with Crippen LogP contribution in [0.1, 0.15) is 90.8 Å². The van der Waals surface area contributed by atoms with Crippen LogP contribution in [0, 0.1) is 27.9 Å². The summed E-state index contributed by atoms with van der Waals surface area (Å²) in [5.74, 6) is 0.884. The molecule has 0 saturated carbocycles. The molecule has 4 atom stereocenters. The number of nitrogens with one attached hydrogen (secondary N) is 1. The number of rotatable bonds is 16. The Kier molecular flexibility index (Phi) is 13.3. The number of nitro benzene ring substituents is 1. The maximum Gasteiger partial charge on any atom is 0.276 e. The number of carbonyl (C=O) groups is 1. The SMILES string of the molecule is CCCCNC(=O)C(C)C[C@H](O)[C@@H](N)C[C@H](Cc1ccc(C(C)(C)C)c(OCc2ccccc2[N+](=O)[O-])c1)C(C)C. The van der Waals surface area contributed by atoms with Gasteiger partial charge in [-0.1, -0.05) is 79.2 Å². The molecule has 41 heavy (non-hydrogen) atoms. The van der Waals surface area contributed by atoms with Crippen molar-refractivity contribution in [2.45, 2.75) is 105 Å². The highest BCUT2D eigenvalue weighted by atomic mass is 16.6. The Labute approximate surface area is 246 Å². The van der Waals surface area contributed by atoms with E-state index in [0.717, 1.165) is 30.4 Å². The molecule has 0 aliphatic carbocycles. The Morgan fingerprint density at radius 1 is 1.12 bits per heavy atom. The summed E-state index contributed by atoms with van der Waals surface area (Å²) in [7, 11) is 0. The van der Waals surface area contributed by atoms with Gasteiger partial charge in [0.05, 0.1) is 16.6 Å². The van der Waals surface area contributed by atoms with Gasteiger partial charge in [0, 0.05) is 24.6 Å². The lowest BCUT2D eigenvalue weighted by Crippen LogP contribution is -2.41. The summed E-state index contributed by atoms with van der Waals surface area (Å²) in [5.41, 5.74) is 8.98. The number of nitrogens with zero attached hydrogens (tertiary/aromatic N) is 1. The standard InChI is InChI=1S/C33H51N3O5/c1-8-9-16-35-32(38)23(4)17-30(37)28(34)20-26(22(2)3)18-24-14-15-27(33(5,6)7)31(19-24)41-21-25-12-10-11-13-29(25)36(39)40/h10-15,19,22-23,26,28,30,37H,8-9,16-18,20-21,34H2,1-7H3,(H,35,38)/t23?,26-,28-,30-/m0/s1. The van der Waals surface area contributed by atoms with Crippen molar-refractivity contribution < 1.29 is 19.6 Å². The molecule has 2 aromatic carbocycles. The van der Waals surface area contributed by atoms with Crippen LogP contribution in [0.2, 0.25) is 0 Å². The van der Waals surface area contributed by atoms with Crippen LogP contribution in [0.4, 0.5) is 5.69 Å². The van der Waals surface area contributed by atoms with E-state index < -0.39 is 12.1 Å². The third-order valence-electron chi connectivity index (χ3n) is 7.81. The Morgan fingerprint density at radius 2 is 1.80 bits per heavy atom. The molecule has 4 N–H and O–H groups in total. The Bertz CT molecular complexity index is 1130. The number of hydrogen-bond acceptors (Lipinski definition) is 6. The van der Waals surface area contributed by atoms with Gasteiger partial charge in [-0.05, 0) is 66.2 Å². The van der Waals surface area contributed by atoms with Crippen LogP contribution in [0.25, 0.3) is 0 Å². The van der Waals surface area contributed by atoms with Crippen LogP contribution in [0.3, 0.4) is 0 Å². The van der Waals surface area contributed by atoms with E-state index in [-0.39, 0.29) is 40.4 Å². The topological polar surface area (TPSA) is 128 Å². The largest absolute Gasteiger partial charge is 0.488 e. The van der Waals surface area contributed by atoms with E-state index in [2.05, 4.69) is 59.0 Å². The first-order chi connectivity index (χ1) is 19.2. The first kappa shape index (κ1) is 34.2. The number of ether oxygens (including phenoxy) is 1. The van der Waals surface area contributed by atoms with Gasteiger partial charge in [-0.3, -0.25) is 14.9 Å². The van der Waals surface area contributed by atoms with Crippen molar-refractivity contribution in [3.63, 3.8) is 0 Å². The molecule has 1 amide bonds. The number of hydrogen-bond donors (Lipinski definition) is 3. The zero-order valence-corrected chi connectivity index (χ0v) is 26.0. The molecular formula is C33H51N3O5. The molecule has 2 rings (SSSR count). The Balaban J connectivity index is 2.16. The predicted molar refractivity (Wildman–Crippen MR) is 165 cm³/mol. The van der Waals surface area contributed by atoms with Crippen molar-refractivity contribution >= 4 is 11.6 Å². The van der Waals surface area contributed by atoms with Crippen molar-refractivity contribution in [3.05, 3.63) is 69.3 Å². The van der Waals surface area contributed by atoms with Crippen LogP contribution in [0.15, 0.2) is 42.5 Å². The van der Waals surface area contributed by atoms with Gasteiger partial charge in [0.15, 0.2) is 0 Å². The van der Waals surface area contributed by atoms with E-state index in [0.29, 0.717) is 36.6 Å². The van der Waals surface area contributed by atoms with E-state index >= 15 is 0 Å². The fourth-order valence-corrected chi connectivity index (χ4v) is 5.01. The number of nitrogens with two attached hydrogens (primary N) is 1. The second-order valence-electron chi connectivity index (χ2n) is 12.7. The summed E-state index contributed by atoms with van der Waals surface area (Å²) in [5, 5.41) is 25.3. The monoisotopic (exact) mass is 569 g/mol. The summed E-state index contributed by atoms with van der Waals surface area (Å²) >= 11 is 0. The molecule has 8 heteroatoms. The van der Waals surface area contributed by atoms with Crippen molar-refractivity contribution in [2.24, 2.45) is 23.5 Å². The van der Waals surface area contributed by atoms with Crippen LogP contribution in [-0.2, 0) is 23.2 Å².